The van der Waals surface area contributed by atoms with Crippen LogP contribution in [0.3, 0.4) is 0 Å². The first-order valence-corrected chi connectivity index (χ1v) is 5.50. The molecule has 3 nitrogen and oxygen atoms in total. The molecule has 1 aromatic carbocycles. The number of nitrogens with two attached hydrogens (primary N) is 2. The Labute approximate surface area is 90.4 Å². The number of hydrogen-bond donors (Lipinski definition) is 2. The summed E-state index contributed by atoms with van der Waals surface area (Å²) in [6.45, 7) is 0.529. The fourth-order valence-electron chi connectivity index (χ4n) is 1.98. The molecular formula is C12H18N2O. The van der Waals surface area contributed by atoms with Crippen LogP contribution in [0.25, 0.3) is 0 Å². The number of benzene rings is 1. The molecule has 15 heavy (non-hydrogen) atoms. The molecular weight excluding hydrogens is 188 g/mol. The molecule has 0 amide bonds. The molecule has 82 valence electrons. The van der Waals surface area contributed by atoms with E-state index in [1.54, 1.807) is 0 Å². The van der Waals surface area contributed by atoms with E-state index in [1.165, 1.54) is 5.56 Å². The van der Waals surface area contributed by atoms with E-state index in [2.05, 4.69) is 6.07 Å². The number of hydrogen-bond acceptors (Lipinski definition) is 3. The molecule has 0 spiro atoms. The number of rotatable bonds is 3. The Morgan fingerprint density at radius 1 is 1.40 bits per heavy atom. The first kappa shape index (κ1) is 10.5. The molecule has 3 heteroatoms. The first-order valence-electron chi connectivity index (χ1n) is 5.50. The van der Waals surface area contributed by atoms with Gasteiger partial charge in [0, 0.05) is 19.0 Å². The lowest BCUT2D eigenvalue weighted by molar-refractivity contribution is 0.156. The van der Waals surface area contributed by atoms with Crippen LogP contribution in [0.5, 0.6) is 5.75 Å². The molecule has 1 aliphatic rings. The van der Waals surface area contributed by atoms with Gasteiger partial charge in [-0.15, -0.1) is 0 Å². The molecule has 2 atom stereocenters. The Morgan fingerprint density at radius 3 is 3.00 bits per heavy atom. The van der Waals surface area contributed by atoms with Crippen LogP contribution in [0.1, 0.15) is 18.4 Å². The maximum Gasteiger partial charge on any atom is 0.122 e. The zero-order valence-corrected chi connectivity index (χ0v) is 8.86. The predicted molar refractivity (Wildman–Crippen MR) is 60.8 cm³/mol. The van der Waals surface area contributed by atoms with E-state index >= 15 is 0 Å². The second-order valence-electron chi connectivity index (χ2n) is 4.12. The van der Waals surface area contributed by atoms with Crippen molar-refractivity contribution in [1.29, 1.82) is 0 Å². The summed E-state index contributed by atoms with van der Waals surface area (Å²) in [4.78, 5) is 0. The summed E-state index contributed by atoms with van der Waals surface area (Å²) in [6, 6.07) is 8.25. The predicted octanol–water partition coefficient (Wildman–Crippen LogP) is 1.06. The Balaban J connectivity index is 1.99. The topological polar surface area (TPSA) is 61.3 Å². The number of aryl methyl sites for hydroxylation is 1. The second kappa shape index (κ2) is 4.64. The van der Waals surface area contributed by atoms with Gasteiger partial charge < -0.3 is 16.2 Å². The molecule has 0 aromatic heterocycles. The van der Waals surface area contributed by atoms with Crippen molar-refractivity contribution in [3.05, 3.63) is 29.8 Å². The van der Waals surface area contributed by atoms with Gasteiger partial charge in [-0.1, -0.05) is 18.2 Å². The van der Waals surface area contributed by atoms with E-state index in [0.717, 1.165) is 25.0 Å². The summed E-state index contributed by atoms with van der Waals surface area (Å²) in [5, 5.41) is 0. The zero-order valence-electron chi connectivity index (χ0n) is 8.86. The standard InChI is InChI=1S/C12H18N2O/c13-8-10(14)7-11-6-5-9-3-1-2-4-12(9)15-11/h1-4,10-11H,5-8,13-14H2. The van der Waals surface area contributed by atoms with Crippen molar-refractivity contribution in [2.24, 2.45) is 11.5 Å². The van der Waals surface area contributed by atoms with Crippen molar-refractivity contribution in [3.63, 3.8) is 0 Å². The quantitative estimate of drug-likeness (QED) is 0.777. The number of ether oxygens (including phenoxy) is 1. The van der Waals surface area contributed by atoms with Gasteiger partial charge in [0.15, 0.2) is 0 Å². The molecule has 1 aromatic rings. The van der Waals surface area contributed by atoms with Crippen molar-refractivity contribution in [1.82, 2.24) is 0 Å². The average molecular weight is 206 g/mol. The van der Waals surface area contributed by atoms with Gasteiger partial charge in [0.1, 0.15) is 11.9 Å². The molecule has 1 aliphatic heterocycles. The number of fused-ring (bicyclic) bond motifs is 1. The lowest BCUT2D eigenvalue weighted by Crippen LogP contribution is -2.36. The highest BCUT2D eigenvalue weighted by molar-refractivity contribution is 5.35. The van der Waals surface area contributed by atoms with Crippen molar-refractivity contribution >= 4 is 0 Å². The van der Waals surface area contributed by atoms with Gasteiger partial charge in [0.25, 0.3) is 0 Å². The van der Waals surface area contributed by atoms with E-state index in [9.17, 15) is 0 Å². The maximum atomic E-state index is 5.87. The van der Waals surface area contributed by atoms with Gasteiger partial charge in [0.05, 0.1) is 0 Å². The highest BCUT2D eigenvalue weighted by Gasteiger charge is 2.20. The highest BCUT2D eigenvalue weighted by Crippen LogP contribution is 2.28. The van der Waals surface area contributed by atoms with Gasteiger partial charge in [-0.3, -0.25) is 0 Å². The Bertz CT molecular complexity index is 327. The Kier molecular flexibility index (Phi) is 3.23. The van der Waals surface area contributed by atoms with Crippen molar-refractivity contribution < 1.29 is 4.74 Å². The number of para-hydroxylation sites is 1. The maximum absolute atomic E-state index is 5.87. The first-order chi connectivity index (χ1) is 7.29. The summed E-state index contributed by atoms with van der Waals surface area (Å²) >= 11 is 0. The van der Waals surface area contributed by atoms with E-state index in [1.807, 2.05) is 18.2 Å². The van der Waals surface area contributed by atoms with Crippen LogP contribution in [-0.4, -0.2) is 18.7 Å². The largest absolute Gasteiger partial charge is 0.490 e. The molecule has 0 saturated heterocycles. The lowest BCUT2D eigenvalue weighted by atomic mass is 9.98. The normalized spacial score (nSPS) is 21.6. The minimum absolute atomic E-state index is 0.0558. The van der Waals surface area contributed by atoms with Crippen LogP contribution < -0.4 is 16.2 Å². The molecule has 0 fully saturated rings. The van der Waals surface area contributed by atoms with Gasteiger partial charge in [0.2, 0.25) is 0 Å². The third-order valence-electron chi connectivity index (χ3n) is 2.87. The van der Waals surface area contributed by atoms with Crippen LogP contribution in [0.2, 0.25) is 0 Å². The Hall–Kier alpha value is -1.06. The fourth-order valence-corrected chi connectivity index (χ4v) is 1.98. The summed E-state index contributed by atoms with van der Waals surface area (Å²) in [6.07, 6.45) is 3.21. The second-order valence-corrected chi connectivity index (χ2v) is 4.12. The van der Waals surface area contributed by atoms with Crippen LogP contribution in [-0.2, 0) is 6.42 Å². The summed E-state index contributed by atoms with van der Waals surface area (Å²) in [7, 11) is 0. The third kappa shape index (κ3) is 2.49. The van der Waals surface area contributed by atoms with Crippen LogP contribution in [0.4, 0.5) is 0 Å². The van der Waals surface area contributed by atoms with Crippen LogP contribution >= 0.6 is 0 Å². The molecule has 0 bridgehead atoms. The molecule has 4 N–H and O–H groups in total. The summed E-state index contributed by atoms with van der Waals surface area (Å²) in [5.74, 6) is 1.01. The molecule has 1 heterocycles. The molecule has 2 unspecified atom stereocenters. The molecule has 0 radical (unpaired) electrons. The Morgan fingerprint density at radius 2 is 2.20 bits per heavy atom. The van der Waals surface area contributed by atoms with Gasteiger partial charge >= 0.3 is 0 Å². The SMILES string of the molecule is NCC(N)CC1CCc2ccccc2O1. The lowest BCUT2D eigenvalue weighted by Gasteiger charge is -2.27. The van der Waals surface area contributed by atoms with E-state index < -0.39 is 0 Å². The summed E-state index contributed by atoms with van der Waals surface area (Å²) in [5.41, 5.74) is 12.6. The van der Waals surface area contributed by atoms with E-state index in [-0.39, 0.29) is 12.1 Å². The minimum Gasteiger partial charge on any atom is -0.490 e. The van der Waals surface area contributed by atoms with Gasteiger partial charge in [-0.2, -0.15) is 0 Å². The monoisotopic (exact) mass is 206 g/mol. The van der Waals surface area contributed by atoms with E-state index in [0.29, 0.717) is 6.54 Å². The van der Waals surface area contributed by atoms with Crippen LogP contribution in [0, 0.1) is 0 Å². The van der Waals surface area contributed by atoms with Crippen molar-refractivity contribution in [2.45, 2.75) is 31.4 Å². The minimum atomic E-state index is 0.0558. The van der Waals surface area contributed by atoms with Crippen molar-refractivity contribution in [3.8, 4) is 5.75 Å². The van der Waals surface area contributed by atoms with E-state index in [4.69, 9.17) is 16.2 Å². The highest BCUT2D eigenvalue weighted by atomic mass is 16.5. The third-order valence-corrected chi connectivity index (χ3v) is 2.87. The van der Waals surface area contributed by atoms with Gasteiger partial charge in [-0.25, -0.2) is 0 Å². The van der Waals surface area contributed by atoms with Crippen molar-refractivity contribution in [2.75, 3.05) is 6.54 Å². The smallest absolute Gasteiger partial charge is 0.122 e. The molecule has 0 saturated carbocycles. The fraction of sp³-hybridized carbons (Fsp3) is 0.500. The van der Waals surface area contributed by atoms with Crippen LogP contribution in [0.15, 0.2) is 24.3 Å². The molecule has 2 rings (SSSR count). The average Bonchev–Trinajstić information content (AvgIpc) is 2.29. The van der Waals surface area contributed by atoms with Gasteiger partial charge in [-0.05, 0) is 24.5 Å². The summed E-state index contributed by atoms with van der Waals surface area (Å²) < 4.78 is 5.87. The molecule has 0 aliphatic carbocycles. The zero-order chi connectivity index (χ0) is 10.7.